The third kappa shape index (κ3) is 4.80. The van der Waals surface area contributed by atoms with Crippen molar-refractivity contribution in [2.75, 3.05) is 58.9 Å². The maximum Gasteiger partial charge on any atom is 0.341 e. The van der Waals surface area contributed by atoms with Crippen molar-refractivity contribution in [3.05, 3.63) is 16.0 Å². The van der Waals surface area contributed by atoms with Gasteiger partial charge >= 0.3 is 5.97 Å². The Bertz CT molecular complexity index is 680. The lowest BCUT2D eigenvalue weighted by Crippen LogP contribution is -2.41. The van der Waals surface area contributed by atoms with E-state index in [2.05, 4.69) is 5.32 Å². The van der Waals surface area contributed by atoms with Crippen LogP contribution in [0.5, 0.6) is 0 Å². The van der Waals surface area contributed by atoms with Gasteiger partial charge in [-0.3, -0.25) is 14.5 Å². The molecule has 0 radical (unpaired) electrons. The van der Waals surface area contributed by atoms with E-state index in [1.54, 1.807) is 27.9 Å². The van der Waals surface area contributed by atoms with Crippen LogP contribution in [-0.2, 0) is 14.3 Å². The van der Waals surface area contributed by atoms with Crippen LogP contribution < -0.4 is 5.32 Å². The molecule has 1 aliphatic rings. The molecule has 1 fully saturated rings. The van der Waals surface area contributed by atoms with E-state index in [1.165, 1.54) is 4.90 Å². The molecule has 1 aromatic rings. The number of nitrogens with one attached hydrogen (secondary N) is 1. The molecule has 0 spiro atoms. The summed E-state index contributed by atoms with van der Waals surface area (Å²) in [5.41, 5.74) is 0.770. The lowest BCUT2D eigenvalue weighted by molar-refractivity contribution is -0.118. The van der Waals surface area contributed by atoms with Crippen molar-refractivity contribution in [1.29, 1.82) is 0 Å². The Balaban J connectivity index is 2.24. The standard InChI is InChI=1S/C17H25N3O5S/c1-5-25-17(23)13-11(2)14(16(22)19(3)4)26-15(13)18-12(21)10-20-6-8-24-9-7-20/h5-10H2,1-4H3,(H,18,21). The quantitative estimate of drug-likeness (QED) is 0.743. The second kappa shape index (κ2) is 9.11. The monoisotopic (exact) mass is 383 g/mol. The van der Waals surface area contributed by atoms with Crippen LogP contribution in [0.4, 0.5) is 5.00 Å². The number of carbonyl (C=O) groups excluding carboxylic acids is 3. The molecule has 26 heavy (non-hydrogen) atoms. The summed E-state index contributed by atoms with van der Waals surface area (Å²) in [4.78, 5) is 40.9. The van der Waals surface area contributed by atoms with Gasteiger partial charge in [0.25, 0.3) is 5.91 Å². The second-order valence-electron chi connectivity index (χ2n) is 6.12. The summed E-state index contributed by atoms with van der Waals surface area (Å²) < 4.78 is 10.4. The Labute approximate surface area is 157 Å². The number of anilines is 1. The van der Waals surface area contributed by atoms with E-state index in [9.17, 15) is 14.4 Å². The van der Waals surface area contributed by atoms with Gasteiger partial charge in [0.15, 0.2) is 0 Å². The molecule has 1 saturated heterocycles. The minimum absolute atomic E-state index is 0.208. The van der Waals surface area contributed by atoms with Crippen LogP contribution in [0.3, 0.4) is 0 Å². The van der Waals surface area contributed by atoms with E-state index >= 15 is 0 Å². The highest BCUT2D eigenvalue weighted by molar-refractivity contribution is 7.18. The largest absolute Gasteiger partial charge is 0.462 e. The van der Waals surface area contributed by atoms with Crippen molar-refractivity contribution in [3.63, 3.8) is 0 Å². The Morgan fingerprint density at radius 2 is 1.92 bits per heavy atom. The molecule has 0 atom stereocenters. The maximum atomic E-state index is 12.4. The first-order valence-electron chi connectivity index (χ1n) is 8.47. The summed E-state index contributed by atoms with van der Waals surface area (Å²) in [5.74, 6) is -0.991. The summed E-state index contributed by atoms with van der Waals surface area (Å²) in [5, 5.41) is 3.13. The number of thiophene rings is 1. The lowest BCUT2D eigenvalue weighted by Gasteiger charge is -2.25. The van der Waals surface area contributed by atoms with Crippen LogP contribution >= 0.6 is 11.3 Å². The van der Waals surface area contributed by atoms with Crippen LogP contribution in [0.1, 0.15) is 32.5 Å². The van der Waals surface area contributed by atoms with Crippen LogP contribution in [-0.4, -0.2) is 81.1 Å². The van der Waals surface area contributed by atoms with E-state index in [-0.39, 0.29) is 30.5 Å². The zero-order chi connectivity index (χ0) is 19.3. The van der Waals surface area contributed by atoms with Crippen molar-refractivity contribution in [3.8, 4) is 0 Å². The van der Waals surface area contributed by atoms with Crippen LogP contribution in [0.15, 0.2) is 0 Å². The zero-order valence-electron chi connectivity index (χ0n) is 15.6. The first kappa shape index (κ1) is 20.3. The predicted molar refractivity (Wildman–Crippen MR) is 98.9 cm³/mol. The van der Waals surface area contributed by atoms with E-state index in [0.717, 1.165) is 11.3 Å². The third-order valence-electron chi connectivity index (χ3n) is 3.95. The van der Waals surface area contributed by atoms with Crippen molar-refractivity contribution in [1.82, 2.24) is 9.80 Å². The van der Waals surface area contributed by atoms with Gasteiger partial charge in [0, 0.05) is 27.2 Å². The highest BCUT2D eigenvalue weighted by Crippen LogP contribution is 2.34. The third-order valence-corrected chi connectivity index (χ3v) is 5.15. The second-order valence-corrected chi connectivity index (χ2v) is 7.14. The van der Waals surface area contributed by atoms with Crippen LogP contribution in [0, 0.1) is 6.92 Å². The minimum Gasteiger partial charge on any atom is -0.462 e. The molecule has 2 rings (SSSR count). The predicted octanol–water partition coefficient (Wildman–Crippen LogP) is 1.21. The molecule has 0 saturated carbocycles. The number of amides is 2. The molecular formula is C17H25N3O5S. The van der Waals surface area contributed by atoms with Crippen LogP contribution in [0.25, 0.3) is 0 Å². The number of ether oxygens (including phenoxy) is 2. The first-order valence-corrected chi connectivity index (χ1v) is 9.28. The SMILES string of the molecule is CCOC(=O)c1c(NC(=O)CN2CCOCC2)sc(C(=O)N(C)C)c1C. The van der Waals surface area contributed by atoms with E-state index < -0.39 is 5.97 Å². The number of esters is 1. The molecule has 8 nitrogen and oxygen atoms in total. The van der Waals surface area contributed by atoms with Gasteiger partial charge in [-0.05, 0) is 19.4 Å². The zero-order valence-corrected chi connectivity index (χ0v) is 16.4. The fourth-order valence-corrected chi connectivity index (χ4v) is 3.82. The van der Waals surface area contributed by atoms with Crippen molar-refractivity contribution < 1.29 is 23.9 Å². The molecule has 9 heteroatoms. The Morgan fingerprint density at radius 1 is 1.27 bits per heavy atom. The summed E-state index contributed by atoms with van der Waals surface area (Å²) in [6.07, 6.45) is 0. The molecule has 144 valence electrons. The number of nitrogens with zero attached hydrogens (tertiary/aromatic N) is 2. The summed E-state index contributed by atoms with van der Waals surface area (Å²) >= 11 is 1.10. The van der Waals surface area contributed by atoms with Gasteiger partial charge in [-0.2, -0.15) is 0 Å². The van der Waals surface area contributed by atoms with Crippen molar-refractivity contribution in [2.24, 2.45) is 0 Å². The molecule has 0 aliphatic carbocycles. The molecule has 2 heterocycles. The number of hydrogen-bond acceptors (Lipinski definition) is 7. The molecule has 0 bridgehead atoms. The Morgan fingerprint density at radius 3 is 2.50 bits per heavy atom. The molecule has 1 aliphatic heterocycles. The average Bonchev–Trinajstić information content (AvgIpc) is 2.91. The van der Waals surface area contributed by atoms with Gasteiger partial charge < -0.3 is 19.7 Å². The summed E-state index contributed by atoms with van der Waals surface area (Å²) in [6, 6.07) is 0. The van der Waals surface area contributed by atoms with Gasteiger partial charge in [-0.15, -0.1) is 11.3 Å². The fourth-order valence-electron chi connectivity index (χ4n) is 2.59. The van der Waals surface area contributed by atoms with E-state index in [0.29, 0.717) is 41.7 Å². The Kier molecular flexibility index (Phi) is 7.13. The van der Waals surface area contributed by atoms with Gasteiger partial charge in [-0.1, -0.05) is 0 Å². The van der Waals surface area contributed by atoms with Gasteiger partial charge in [0.2, 0.25) is 5.91 Å². The molecule has 1 aromatic heterocycles. The first-order chi connectivity index (χ1) is 12.3. The van der Waals surface area contributed by atoms with Gasteiger partial charge in [0.1, 0.15) is 5.00 Å². The smallest absolute Gasteiger partial charge is 0.341 e. The highest BCUT2D eigenvalue weighted by Gasteiger charge is 2.27. The van der Waals surface area contributed by atoms with Crippen molar-refractivity contribution >= 4 is 34.1 Å². The summed E-state index contributed by atoms with van der Waals surface area (Å²) in [6.45, 7) is 6.39. The highest BCUT2D eigenvalue weighted by atomic mass is 32.1. The number of hydrogen-bond donors (Lipinski definition) is 1. The average molecular weight is 383 g/mol. The molecular weight excluding hydrogens is 358 g/mol. The lowest BCUT2D eigenvalue weighted by atomic mass is 10.1. The van der Waals surface area contributed by atoms with Crippen molar-refractivity contribution in [2.45, 2.75) is 13.8 Å². The molecule has 2 amide bonds. The molecule has 1 N–H and O–H groups in total. The van der Waals surface area contributed by atoms with E-state index in [4.69, 9.17) is 9.47 Å². The summed E-state index contributed by atoms with van der Waals surface area (Å²) in [7, 11) is 3.28. The number of rotatable bonds is 6. The molecule has 0 aromatic carbocycles. The molecule has 0 unspecified atom stereocenters. The number of carbonyl (C=O) groups is 3. The maximum absolute atomic E-state index is 12.4. The Hall–Kier alpha value is -1.97. The van der Waals surface area contributed by atoms with Gasteiger partial charge in [0.05, 0.1) is 36.8 Å². The minimum atomic E-state index is -0.541. The van der Waals surface area contributed by atoms with Crippen LogP contribution in [0.2, 0.25) is 0 Å². The van der Waals surface area contributed by atoms with E-state index in [1.807, 2.05) is 4.90 Å². The normalized spacial score (nSPS) is 14.8. The fraction of sp³-hybridized carbons (Fsp3) is 0.588. The number of morpholine rings is 1. The topological polar surface area (TPSA) is 88.2 Å². The van der Waals surface area contributed by atoms with Gasteiger partial charge in [-0.25, -0.2) is 4.79 Å².